The fraction of sp³-hybridized carbons (Fsp3) is 0.956. The lowest BCUT2D eigenvalue weighted by Crippen LogP contribution is -2.66. The molecular weight excluding hydrogens is 1120 g/mol. The second-order valence-electron chi connectivity index (χ2n) is 25.7. The number of carbonyl (C=O) groups is 1. The van der Waals surface area contributed by atoms with Crippen molar-refractivity contribution in [3.05, 3.63) is 12.2 Å². The maximum Gasteiger partial charge on any atom is 0.220 e. The van der Waals surface area contributed by atoms with Gasteiger partial charge in [-0.1, -0.05) is 270 Å². The molecule has 3 aliphatic heterocycles. The second-order valence-corrected chi connectivity index (χ2v) is 25.7. The lowest BCUT2D eigenvalue weighted by Gasteiger charge is -2.48. The van der Waals surface area contributed by atoms with Gasteiger partial charge in [-0.15, -0.1) is 0 Å². The molecule has 19 nitrogen and oxygen atoms in total. The van der Waals surface area contributed by atoms with Crippen LogP contribution in [0.15, 0.2) is 12.2 Å². The number of nitrogens with one attached hydrogen (secondary N) is 1. The first kappa shape index (κ1) is 79.8. The molecule has 19 heteroatoms. The van der Waals surface area contributed by atoms with Gasteiger partial charge in [0.2, 0.25) is 5.91 Å². The van der Waals surface area contributed by atoms with E-state index in [1.807, 2.05) is 6.08 Å². The van der Waals surface area contributed by atoms with Crippen molar-refractivity contribution in [2.45, 2.75) is 388 Å². The van der Waals surface area contributed by atoms with Gasteiger partial charge in [0.25, 0.3) is 0 Å². The molecule has 0 saturated carbocycles. The number of aliphatic hydroxyl groups excluding tert-OH is 11. The van der Waals surface area contributed by atoms with Crippen molar-refractivity contribution in [2.24, 2.45) is 0 Å². The Hall–Kier alpha value is -1.47. The van der Waals surface area contributed by atoms with Crippen molar-refractivity contribution >= 4 is 5.91 Å². The molecule has 3 heterocycles. The molecule has 0 aliphatic carbocycles. The van der Waals surface area contributed by atoms with E-state index in [0.717, 1.165) is 44.9 Å². The zero-order valence-electron chi connectivity index (χ0n) is 54.3. The molecule has 3 aliphatic rings. The Balaban J connectivity index is 1.40. The highest BCUT2D eigenvalue weighted by atomic mass is 16.8. The van der Waals surface area contributed by atoms with Crippen molar-refractivity contribution in [1.82, 2.24) is 5.32 Å². The SMILES string of the molecule is CCCCCCCCCCCCCCC/C=C/C(O)C(COC1OC(CO)C(OC2OC(CO)C(OC3OC(CO)C(O)C(O)C3O)C(O)C2O)C(O)C1O)NC(=O)CCCCCCCCCCCCCCCCCCCCCCCCCCCCC. The number of allylic oxidation sites excluding steroid dienone is 1. The molecule has 3 fully saturated rings. The van der Waals surface area contributed by atoms with Crippen LogP contribution in [-0.2, 0) is 33.2 Å². The minimum atomic E-state index is -1.98. The molecule has 0 aromatic carbocycles. The summed E-state index contributed by atoms with van der Waals surface area (Å²) in [6.45, 7) is 1.77. The summed E-state index contributed by atoms with van der Waals surface area (Å²) in [6.07, 6.45) is 29.1. The van der Waals surface area contributed by atoms with E-state index < -0.39 is 124 Å². The van der Waals surface area contributed by atoms with Crippen LogP contribution in [0.1, 0.15) is 284 Å². The average Bonchev–Trinajstić information content (AvgIpc) is 2.91. The van der Waals surface area contributed by atoms with Gasteiger partial charge >= 0.3 is 0 Å². The van der Waals surface area contributed by atoms with E-state index in [1.165, 1.54) is 212 Å². The molecule has 514 valence electrons. The highest BCUT2D eigenvalue weighted by Gasteiger charge is 2.53. The normalized spacial score (nSPS) is 28.6. The minimum absolute atomic E-state index is 0.250. The van der Waals surface area contributed by atoms with Gasteiger partial charge in [-0.2, -0.15) is 0 Å². The molecule has 0 radical (unpaired) electrons. The van der Waals surface area contributed by atoms with Crippen molar-refractivity contribution in [2.75, 3.05) is 26.4 Å². The molecule has 3 saturated heterocycles. The van der Waals surface area contributed by atoms with E-state index in [2.05, 4.69) is 19.2 Å². The van der Waals surface area contributed by atoms with Crippen LogP contribution in [0, 0.1) is 0 Å². The number of carbonyl (C=O) groups excluding carboxylic acids is 1. The summed E-state index contributed by atoms with van der Waals surface area (Å²) in [7, 11) is 0. The maximum absolute atomic E-state index is 13.4. The van der Waals surface area contributed by atoms with E-state index in [4.69, 9.17) is 28.4 Å². The van der Waals surface area contributed by atoms with Gasteiger partial charge in [0.15, 0.2) is 18.9 Å². The number of amides is 1. The van der Waals surface area contributed by atoms with Crippen LogP contribution in [0.4, 0.5) is 0 Å². The molecule has 0 bridgehead atoms. The van der Waals surface area contributed by atoms with E-state index >= 15 is 0 Å². The summed E-state index contributed by atoms with van der Waals surface area (Å²) >= 11 is 0. The third-order valence-electron chi connectivity index (χ3n) is 18.1. The van der Waals surface area contributed by atoms with Gasteiger partial charge in [-0.05, 0) is 19.3 Å². The van der Waals surface area contributed by atoms with E-state index in [1.54, 1.807) is 6.08 Å². The zero-order valence-corrected chi connectivity index (χ0v) is 54.3. The summed E-state index contributed by atoms with van der Waals surface area (Å²) in [4.78, 5) is 13.4. The third-order valence-corrected chi connectivity index (χ3v) is 18.1. The van der Waals surface area contributed by atoms with Crippen molar-refractivity contribution in [1.29, 1.82) is 0 Å². The Bertz CT molecular complexity index is 1630. The molecule has 17 atom stereocenters. The van der Waals surface area contributed by atoms with Crippen LogP contribution < -0.4 is 5.32 Å². The number of unbranched alkanes of at least 4 members (excludes halogenated alkanes) is 39. The van der Waals surface area contributed by atoms with E-state index in [9.17, 15) is 61.0 Å². The van der Waals surface area contributed by atoms with E-state index in [-0.39, 0.29) is 18.9 Å². The predicted molar refractivity (Wildman–Crippen MR) is 337 cm³/mol. The van der Waals surface area contributed by atoms with Crippen LogP contribution in [-0.4, -0.2) is 193 Å². The Morgan fingerprint density at radius 2 is 0.713 bits per heavy atom. The molecule has 1 amide bonds. The van der Waals surface area contributed by atoms with Crippen LogP contribution in [0.3, 0.4) is 0 Å². The van der Waals surface area contributed by atoms with E-state index in [0.29, 0.717) is 6.42 Å². The fourth-order valence-electron chi connectivity index (χ4n) is 12.3. The lowest BCUT2D eigenvalue weighted by molar-refractivity contribution is -0.379. The summed E-state index contributed by atoms with van der Waals surface area (Å²) in [5.41, 5.74) is 0. The highest BCUT2D eigenvalue weighted by Crippen LogP contribution is 2.33. The van der Waals surface area contributed by atoms with Crippen molar-refractivity contribution in [3.8, 4) is 0 Å². The Morgan fingerprint density at radius 1 is 0.402 bits per heavy atom. The van der Waals surface area contributed by atoms with Crippen molar-refractivity contribution in [3.63, 3.8) is 0 Å². The standard InChI is InChI=1S/C68H129NO18/c1-3-5-7-9-11-13-15-17-19-20-21-22-23-24-25-26-27-28-29-30-32-34-36-38-40-42-44-46-56(74)69-51(52(73)45-43-41-39-37-35-33-31-18-16-14-12-10-8-6-4-2)50-82-66-62(80)59(77)64(54(48-71)84-66)87-68-63(81)60(78)65(55(49-72)85-68)86-67-61(79)58(76)57(75)53(47-70)83-67/h43,45,51-55,57-68,70-73,75-81H,3-42,44,46-50H2,1-2H3,(H,69,74)/b45-43+. The monoisotopic (exact) mass is 1250 g/mol. The highest BCUT2D eigenvalue weighted by molar-refractivity contribution is 5.76. The first-order chi connectivity index (χ1) is 42.3. The maximum atomic E-state index is 13.4. The minimum Gasteiger partial charge on any atom is -0.394 e. The topological polar surface area (TPSA) is 307 Å². The summed E-state index contributed by atoms with van der Waals surface area (Å²) in [6, 6.07) is -0.968. The molecule has 3 rings (SSSR count). The number of hydrogen-bond donors (Lipinski definition) is 12. The zero-order chi connectivity index (χ0) is 63.3. The first-order valence-electron chi connectivity index (χ1n) is 35.4. The van der Waals surface area contributed by atoms with Gasteiger partial charge < -0.3 is 89.9 Å². The smallest absolute Gasteiger partial charge is 0.220 e. The number of rotatable bonds is 55. The summed E-state index contributed by atoms with van der Waals surface area (Å²) in [5.74, 6) is -0.269. The Labute approximate surface area is 525 Å². The van der Waals surface area contributed by atoms with Crippen molar-refractivity contribution < 1.29 is 89.4 Å². The summed E-state index contributed by atoms with van der Waals surface area (Å²) in [5, 5.41) is 120. The van der Waals surface area contributed by atoms with Gasteiger partial charge in [0.05, 0.1) is 38.6 Å². The fourth-order valence-corrected chi connectivity index (χ4v) is 12.3. The molecule has 0 aromatic heterocycles. The molecule has 12 N–H and O–H groups in total. The van der Waals surface area contributed by atoms with Crippen LogP contribution in [0.25, 0.3) is 0 Å². The Kier molecular flexibility index (Phi) is 46.8. The first-order valence-corrected chi connectivity index (χ1v) is 35.4. The number of aliphatic hydroxyl groups is 11. The number of ether oxygens (including phenoxy) is 6. The second kappa shape index (κ2) is 51.0. The lowest BCUT2D eigenvalue weighted by atomic mass is 9.96. The molecular formula is C68H129NO18. The quantitative estimate of drug-likeness (QED) is 0.0199. The largest absolute Gasteiger partial charge is 0.394 e. The average molecular weight is 1250 g/mol. The van der Waals surface area contributed by atoms with Gasteiger partial charge in [-0.25, -0.2) is 0 Å². The molecule has 0 spiro atoms. The molecule has 0 aromatic rings. The van der Waals surface area contributed by atoms with Gasteiger partial charge in [0.1, 0.15) is 73.2 Å². The third kappa shape index (κ3) is 33.3. The van der Waals surface area contributed by atoms with Gasteiger partial charge in [0, 0.05) is 6.42 Å². The summed E-state index contributed by atoms with van der Waals surface area (Å²) < 4.78 is 34.3. The van der Waals surface area contributed by atoms with Crippen LogP contribution >= 0.6 is 0 Å². The number of hydrogen-bond acceptors (Lipinski definition) is 18. The van der Waals surface area contributed by atoms with Gasteiger partial charge in [-0.3, -0.25) is 4.79 Å². The Morgan fingerprint density at radius 3 is 1.08 bits per heavy atom. The molecule has 17 unspecified atom stereocenters. The predicted octanol–water partition coefficient (Wildman–Crippen LogP) is 9.28. The molecule has 87 heavy (non-hydrogen) atoms. The van der Waals surface area contributed by atoms with Crippen LogP contribution in [0.2, 0.25) is 0 Å². The van der Waals surface area contributed by atoms with Crippen LogP contribution in [0.5, 0.6) is 0 Å².